The minimum atomic E-state index is 0.217. The lowest BCUT2D eigenvalue weighted by Crippen LogP contribution is -2.38. The van der Waals surface area contributed by atoms with Crippen LogP contribution >= 0.6 is 0 Å². The highest BCUT2D eigenvalue weighted by Gasteiger charge is 2.16. The summed E-state index contributed by atoms with van der Waals surface area (Å²) in [6.45, 7) is 0. The van der Waals surface area contributed by atoms with E-state index in [-0.39, 0.29) is 6.04 Å². The van der Waals surface area contributed by atoms with Crippen LogP contribution in [0.15, 0.2) is 35.9 Å². The zero-order valence-corrected chi connectivity index (χ0v) is 11.7. The van der Waals surface area contributed by atoms with E-state index in [2.05, 4.69) is 17.6 Å². The molecule has 104 valence electrons. The Balaban J connectivity index is 2.11. The van der Waals surface area contributed by atoms with Gasteiger partial charge in [-0.2, -0.15) is 0 Å². The van der Waals surface area contributed by atoms with E-state index >= 15 is 0 Å². The van der Waals surface area contributed by atoms with E-state index in [9.17, 15) is 0 Å². The Hall–Kier alpha value is -1.32. The highest BCUT2D eigenvalue weighted by Crippen LogP contribution is 2.25. The molecule has 1 aliphatic rings. The summed E-state index contributed by atoms with van der Waals surface area (Å²) >= 11 is 0. The fourth-order valence-electron chi connectivity index (χ4n) is 2.74. The van der Waals surface area contributed by atoms with Gasteiger partial charge in [0.15, 0.2) is 0 Å². The van der Waals surface area contributed by atoms with E-state index in [0.29, 0.717) is 0 Å². The molecule has 1 unspecified atom stereocenters. The predicted molar refractivity (Wildman–Crippen MR) is 79.0 cm³/mol. The van der Waals surface area contributed by atoms with Crippen molar-refractivity contribution in [1.29, 1.82) is 0 Å². The first-order valence-corrected chi connectivity index (χ1v) is 7.12. The number of benzene rings is 1. The lowest BCUT2D eigenvalue weighted by Gasteiger charge is -2.20. The zero-order valence-electron chi connectivity index (χ0n) is 11.7. The van der Waals surface area contributed by atoms with Gasteiger partial charge < -0.3 is 4.74 Å². The molecule has 0 saturated heterocycles. The van der Waals surface area contributed by atoms with Crippen LogP contribution in [-0.4, -0.2) is 13.2 Å². The third kappa shape index (κ3) is 3.82. The molecule has 0 saturated carbocycles. The van der Waals surface area contributed by atoms with Gasteiger partial charge in [0.25, 0.3) is 0 Å². The summed E-state index contributed by atoms with van der Waals surface area (Å²) in [6.07, 6.45) is 9.49. The molecule has 1 aromatic rings. The van der Waals surface area contributed by atoms with Gasteiger partial charge in [0.2, 0.25) is 0 Å². The Morgan fingerprint density at radius 3 is 2.89 bits per heavy atom. The molecule has 0 spiro atoms. The van der Waals surface area contributed by atoms with Gasteiger partial charge in [0.05, 0.1) is 7.11 Å². The molecule has 0 radical (unpaired) electrons. The largest absolute Gasteiger partial charge is 0.496 e. The molecule has 0 aliphatic heterocycles. The van der Waals surface area contributed by atoms with E-state index in [4.69, 9.17) is 10.6 Å². The van der Waals surface area contributed by atoms with Crippen LogP contribution in [0.2, 0.25) is 0 Å². The van der Waals surface area contributed by atoms with Crippen LogP contribution in [0.4, 0.5) is 0 Å². The molecule has 1 atom stereocenters. The van der Waals surface area contributed by atoms with Crippen molar-refractivity contribution in [3.63, 3.8) is 0 Å². The lowest BCUT2D eigenvalue weighted by atomic mass is 9.95. The molecule has 0 bridgehead atoms. The Bertz CT molecular complexity index is 429. The number of hydrogen-bond donors (Lipinski definition) is 2. The average molecular weight is 260 g/mol. The van der Waals surface area contributed by atoms with Gasteiger partial charge in [-0.1, -0.05) is 36.3 Å². The molecule has 2 rings (SSSR count). The van der Waals surface area contributed by atoms with Gasteiger partial charge in [-0.25, -0.2) is 0 Å². The Kier molecular flexibility index (Phi) is 5.43. The Labute approximate surface area is 115 Å². The number of hydrogen-bond acceptors (Lipinski definition) is 3. The van der Waals surface area contributed by atoms with Crippen molar-refractivity contribution >= 4 is 0 Å². The third-order valence-electron chi connectivity index (χ3n) is 3.84. The van der Waals surface area contributed by atoms with Crippen molar-refractivity contribution in [3.05, 3.63) is 41.5 Å². The molecule has 3 heteroatoms. The van der Waals surface area contributed by atoms with Crippen molar-refractivity contribution in [2.45, 2.75) is 44.6 Å². The van der Waals surface area contributed by atoms with E-state index in [1.165, 1.54) is 36.8 Å². The summed E-state index contributed by atoms with van der Waals surface area (Å²) in [5, 5.41) is 0. The number of para-hydroxylation sites is 1. The van der Waals surface area contributed by atoms with Crippen LogP contribution in [0.5, 0.6) is 5.75 Å². The van der Waals surface area contributed by atoms with E-state index < -0.39 is 0 Å². The number of nitrogens with one attached hydrogen (secondary N) is 1. The Morgan fingerprint density at radius 1 is 1.26 bits per heavy atom. The van der Waals surface area contributed by atoms with Crippen LogP contribution in [0.1, 0.15) is 37.7 Å². The van der Waals surface area contributed by atoms with Crippen LogP contribution in [0, 0.1) is 0 Å². The summed E-state index contributed by atoms with van der Waals surface area (Å²) < 4.78 is 5.41. The van der Waals surface area contributed by atoms with Gasteiger partial charge in [-0.3, -0.25) is 11.3 Å². The van der Waals surface area contributed by atoms with Gasteiger partial charge in [0.1, 0.15) is 5.75 Å². The molecule has 3 N–H and O–H groups in total. The molecule has 0 amide bonds. The van der Waals surface area contributed by atoms with Crippen LogP contribution in [0.25, 0.3) is 0 Å². The lowest BCUT2D eigenvalue weighted by molar-refractivity contribution is 0.406. The summed E-state index contributed by atoms with van der Waals surface area (Å²) in [4.78, 5) is 0. The van der Waals surface area contributed by atoms with Crippen molar-refractivity contribution in [1.82, 2.24) is 5.43 Å². The quantitative estimate of drug-likeness (QED) is 0.486. The van der Waals surface area contributed by atoms with Crippen LogP contribution < -0.4 is 16.0 Å². The molecule has 1 aromatic carbocycles. The van der Waals surface area contributed by atoms with Crippen LogP contribution in [-0.2, 0) is 6.42 Å². The van der Waals surface area contributed by atoms with Crippen LogP contribution in [0.3, 0.4) is 0 Å². The second kappa shape index (κ2) is 7.31. The first kappa shape index (κ1) is 14.1. The molecule has 19 heavy (non-hydrogen) atoms. The average Bonchev–Trinajstić information content (AvgIpc) is 2.74. The van der Waals surface area contributed by atoms with Crippen molar-refractivity contribution in [2.24, 2.45) is 5.84 Å². The number of rotatable bonds is 5. The first-order chi connectivity index (χ1) is 9.35. The second-order valence-electron chi connectivity index (χ2n) is 5.11. The molecule has 0 heterocycles. The fraction of sp³-hybridized carbons (Fsp3) is 0.500. The normalized spacial score (nSPS) is 17.5. The number of hydrazine groups is 1. The summed E-state index contributed by atoms with van der Waals surface area (Å²) in [7, 11) is 1.72. The highest BCUT2D eigenvalue weighted by molar-refractivity contribution is 5.35. The molecular formula is C16H24N2O. The number of allylic oxidation sites excluding steroid dienone is 1. The predicted octanol–water partition coefficient (Wildman–Crippen LogP) is 2.96. The van der Waals surface area contributed by atoms with E-state index in [1.807, 2.05) is 18.2 Å². The molecule has 1 aliphatic carbocycles. The van der Waals surface area contributed by atoms with Crippen molar-refractivity contribution < 1.29 is 4.74 Å². The summed E-state index contributed by atoms with van der Waals surface area (Å²) in [6, 6.07) is 8.38. The third-order valence-corrected chi connectivity index (χ3v) is 3.84. The Morgan fingerprint density at radius 2 is 2.11 bits per heavy atom. The molecule has 3 nitrogen and oxygen atoms in total. The monoisotopic (exact) mass is 260 g/mol. The maximum atomic E-state index is 5.76. The minimum absolute atomic E-state index is 0.217. The molecule has 0 fully saturated rings. The van der Waals surface area contributed by atoms with Crippen molar-refractivity contribution in [2.75, 3.05) is 7.11 Å². The standard InChI is InChI=1S/C16H24N2O/c1-19-16-11-7-6-10-14(16)12-15(18-17)13-8-4-2-3-5-9-13/h6-8,10-11,15,18H,2-5,9,12,17H2,1H3. The van der Waals surface area contributed by atoms with E-state index in [1.54, 1.807) is 7.11 Å². The smallest absolute Gasteiger partial charge is 0.122 e. The second-order valence-corrected chi connectivity index (χ2v) is 5.11. The van der Waals surface area contributed by atoms with Gasteiger partial charge in [-0.15, -0.1) is 0 Å². The van der Waals surface area contributed by atoms with Gasteiger partial charge in [-0.05, 0) is 43.7 Å². The first-order valence-electron chi connectivity index (χ1n) is 7.12. The van der Waals surface area contributed by atoms with Gasteiger partial charge >= 0.3 is 0 Å². The highest BCUT2D eigenvalue weighted by atomic mass is 16.5. The number of methoxy groups -OCH3 is 1. The SMILES string of the molecule is COc1ccccc1CC(NN)C1=CCCCCC1. The van der Waals surface area contributed by atoms with Gasteiger partial charge in [0, 0.05) is 6.04 Å². The maximum absolute atomic E-state index is 5.76. The topological polar surface area (TPSA) is 47.3 Å². The summed E-state index contributed by atoms with van der Waals surface area (Å²) in [5.41, 5.74) is 5.63. The number of nitrogens with two attached hydrogens (primary N) is 1. The maximum Gasteiger partial charge on any atom is 0.122 e. The molecule has 0 aromatic heterocycles. The fourth-order valence-corrected chi connectivity index (χ4v) is 2.74. The zero-order chi connectivity index (χ0) is 13.5. The number of ether oxygens (including phenoxy) is 1. The summed E-state index contributed by atoms with van der Waals surface area (Å²) in [5.74, 6) is 6.70. The molecular weight excluding hydrogens is 236 g/mol. The minimum Gasteiger partial charge on any atom is -0.496 e. The van der Waals surface area contributed by atoms with Crippen molar-refractivity contribution in [3.8, 4) is 5.75 Å². The van der Waals surface area contributed by atoms with E-state index in [0.717, 1.165) is 18.6 Å².